The third kappa shape index (κ3) is 3.83. The van der Waals surface area contributed by atoms with E-state index in [2.05, 4.69) is 9.89 Å². The van der Waals surface area contributed by atoms with Crippen molar-refractivity contribution in [2.75, 3.05) is 26.3 Å². The molecule has 0 bridgehead atoms. The van der Waals surface area contributed by atoms with Crippen LogP contribution in [0.1, 0.15) is 5.76 Å². The summed E-state index contributed by atoms with van der Waals surface area (Å²) < 4.78 is 11.2. The monoisotopic (exact) mass is 408 g/mol. The topological polar surface area (TPSA) is 55.0 Å². The quantitative estimate of drug-likeness (QED) is 0.681. The fourth-order valence-electron chi connectivity index (χ4n) is 2.70. The molecule has 0 N–H and O–H groups in total. The van der Waals surface area contributed by atoms with Crippen LogP contribution in [0, 0.1) is 0 Å². The molecular weight excluding hydrogens is 395 g/mol. The van der Waals surface area contributed by atoms with Crippen molar-refractivity contribution in [1.82, 2.24) is 4.90 Å². The summed E-state index contributed by atoms with van der Waals surface area (Å²) in [5, 5.41) is 1.79. The van der Waals surface area contributed by atoms with Crippen molar-refractivity contribution in [2.24, 2.45) is 4.99 Å². The molecule has 26 heavy (non-hydrogen) atoms. The number of benzene rings is 1. The Morgan fingerprint density at radius 3 is 2.58 bits per heavy atom. The highest BCUT2D eigenvalue weighted by molar-refractivity contribution is 8.18. The van der Waals surface area contributed by atoms with Crippen molar-refractivity contribution in [3.63, 3.8) is 0 Å². The molecule has 0 spiro atoms. The number of furan rings is 1. The molecule has 1 saturated heterocycles. The average Bonchev–Trinajstić information content (AvgIpc) is 3.23. The maximum absolute atomic E-state index is 12.2. The number of hydrogen-bond donors (Lipinski definition) is 0. The second-order valence-electron chi connectivity index (χ2n) is 5.77. The van der Waals surface area contributed by atoms with E-state index >= 15 is 0 Å². The first kappa shape index (κ1) is 17.7. The molecule has 0 atom stereocenters. The number of aliphatic imine (C=N–C) groups is 1. The summed E-state index contributed by atoms with van der Waals surface area (Å²) in [5.74, 6) is 0.955. The summed E-state index contributed by atoms with van der Waals surface area (Å²) in [6, 6.07) is 8.84. The minimum atomic E-state index is -0.250. The van der Waals surface area contributed by atoms with Gasteiger partial charge in [-0.3, -0.25) is 4.79 Å². The molecule has 1 aromatic carbocycles. The SMILES string of the molecule is O=C1N=C(N2CCOCC2)S/C1=C/c1ccc(-c2cc(Cl)cc(Cl)c2)o1. The summed E-state index contributed by atoms with van der Waals surface area (Å²) >= 11 is 13.4. The van der Waals surface area contributed by atoms with Gasteiger partial charge in [-0.15, -0.1) is 0 Å². The van der Waals surface area contributed by atoms with E-state index in [0.717, 1.165) is 23.8 Å². The molecule has 4 rings (SSSR count). The Hall–Kier alpha value is -1.73. The van der Waals surface area contributed by atoms with Crippen molar-refractivity contribution >= 4 is 52.1 Å². The van der Waals surface area contributed by atoms with E-state index in [4.69, 9.17) is 32.4 Å². The van der Waals surface area contributed by atoms with Gasteiger partial charge in [0.15, 0.2) is 5.17 Å². The number of carbonyl (C=O) groups excluding carboxylic acids is 1. The molecule has 3 heterocycles. The molecule has 8 heteroatoms. The van der Waals surface area contributed by atoms with E-state index in [9.17, 15) is 4.79 Å². The molecule has 1 aromatic heterocycles. The fourth-order valence-corrected chi connectivity index (χ4v) is 4.17. The van der Waals surface area contributed by atoms with E-state index in [1.54, 1.807) is 30.3 Å². The molecule has 1 fully saturated rings. The Bertz CT molecular complexity index is 897. The van der Waals surface area contributed by atoms with Crippen molar-refractivity contribution in [1.29, 1.82) is 0 Å². The van der Waals surface area contributed by atoms with Gasteiger partial charge in [-0.1, -0.05) is 23.2 Å². The maximum Gasteiger partial charge on any atom is 0.286 e. The van der Waals surface area contributed by atoms with Gasteiger partial charge in [0.1, 0.15) is 11.5 Å². The van der Waals surface area contributed by atoms with Crippen molar-refractivity contribution < 1.29 is 13.9 Å². The Kier molecular flexibility index (Phi) is 5.09. The lowest BCUT2D eigenvalue weighted by atomic mass is 10.2. The van der Waals surface area contributed by atoms with Crippen LogP contribution in [0.15, 0.2) is 44.6 Å². The Balaban J connectivity index is 1.52. The van der Waals surface area contributed by atoms with Gasteiger partial charge in [0.2, 0.25) is 0 Å². The smallest absolute Gasteiger partial charge is 0.286 e. The third-order valence-electron chi connectivity index (χ3n) is 3.94. The zero-order valence-corrected chi connectivity index (χ0v) is 15.9. The number of hydrogen-bond acceptors (Lipinski definition) is 5. The predicted molar refractivity (Wildman–Crippen MR) is 105 cm³/mol. The Morgan fingerprint density at radius 1 is 1.12 bits per heavy atom. The Morgan fingerprint density at radius 2 is 1.85 bits per heavy atom. The summed E-state index contributed by atoms with van der Waals surface area (Å²) in [6.45, 7) is 2.78. The van der Waals surface area contributed by atoms with Crippen LogP contribution in [0.25, 0.3) is 17.4 Å². The van der Waals surface area contributed by atoms with Crippen LogP contribution in [0.5, 0.6) is 0 Å². The lowest BCUT2D eigenvalue weighted by molar-refractivity contribution is -0.113. The van der Waals surface area contributed by atoms with Crippen LogP contribution in [0.4, 0.5) is 0 Å². The van der Waals surface area contributed by atoms with Crippen LogP contribution >= 0.6 is 35.0 Å². The van der Waals surface area contributed by atoms with Gasteiger partial charge in [-0.2, -0.15) is 4.99 Å². The van der Waals surface area contributed by atoms with Crippen LogP contribution < -0.4 is 0 Å². The number of amidine groups is 1. The minimum Gasteiger partial charge on any atom is -0.457 e. The zero-order valence-electron chi connectivity index (χ0n) is 13.6. The number of morpholine rings is 1. The normalized spacial score (nSPS) is 19.3. The van der Waals surface area contributed by atoms with E-state index in [1.807, 2.05) is 6.07 Å². The summed E-state index contributed by atoms with van der Waals surface area (Å²) in [5.41, 5.74) is 0.780. The van der Waals surface area contributed by atoms with Gasteiger partial charge < -0.3 is 14.1 Å². The highest BCUT2D eigenvalue weighted by atomic mass is 35.5. The van der Waals surface area contributed by atoms with Gasteiger partial charge in [0.25, 0.3) is 5.91 Å². The molecule has 0 aliphatic carbocycles. The van der Waals surface area contributed by atoms with Gasteiger partial charge in [-0.05, 0) is 42.1 Å². The summed E-state index contributed by atoms with van der Waals surface area (Å²) in [4.78, 5) is 18.9. The first-order valence-corrected chi connectivity index (χ1v) is 9.57. The van der Waals surface area contributed by atoms with Crippen molar-refractivity contribution in [3.05, 3.63) is 51.0 Å². The highest BCUT2D eigenvalue weighted by Crippen LogP contribution is 2.33. The second-order valence-corrected chi connectivity index (χ2v) is 7.65. The van der Waals surface area contributed by atoms with Crippen LogP contribution in [0.3, 0.4) is 0 Å². The second kappa shape index (κ2) is 7.48. The summed E-state index contributed by atoms with van der Waals surface area (Å²) in [7, 11) is 0. The maximum atomic E-state index is 12.2. The van der Waals surface area contributed by atoms with Crippen molar-refractivity contribution in [3.8, 4) is 11.3 Å². The van der Waals surface area contributed by atoms with E-state index in [1.165, 1.54) is 11.8 Å². The molecular formula is C18H14Cl2N2O3S. The van der Waals surface area contributed by atoms with E-state index in [0.29, 0.717) is 39.7 Å². The number of ether oxygens (including phenoxy) is 1. The molecule has 134 valence electrons. The fraction of sp³-hybridized carbons (Fsp3) is 0.222. The molecule has 2 aliphatic heterocycles. The predicted octanol–water partition coefficient (Wildman–Crippen LogP) is 4.56. The Labute approximate surface area is 164 Å². The third-order valence-corrected chi connectivity index (χ3v) is 5.42. The van der Waals surface area contributed by atoms with Crippen LogP contribution in [-0.2, 0) is 9.53 Å². The van der Waals surface area contributed by atoms with Crippen LogP contribution in [-0.4, -0.2) is 42.3 Å². The lowest BCUT2D eigenvalue weighted by Crippen LogP contribution is -2.38. The van der Waals surface area contributed by atoms with Gasteiger partial charge >= 0.3 is 0 Å². The van der Waals surface area contributed by atoms with Gasteiger partial charge in [0, 0.05) is 34.8 Å². The number of amides is 1. The number of thioether (sulfide) groups is 1. The zero-order chi connectivity index (χ0) is 18.1. The summed E-state index contributed by atoms with van der Waals surface area (Å²) in [6.07, 6.45) is 1.71. The lowest BCUT2D eigenvalue weighted by Gasteiger charge is -2.27. The number of nitrogens with zero attached hydrogens (tertiary/aromatic N) is 2. The molecule has 5 nitrogen and oxygen atoms in total. The molecule has 0 unspecified atom stereocenters. The molecule has 2 aromatic rings. The molecule has 1 amide bonds. The van der Waals surface area contributed by atoms with Crippen molar-refractivity contribution in [2.45, 2.75) is 0 Å². The highest BCUT2D eigenvalue weighted by Gasteiger charge is 2.27. The minimum absolute atomic E-state index is 0.250. The number of rotatable bonds is 2. The standard InChI is InChI=1S/C18H14Cl2N2O3S/c19-12-7-11(8-13(20)9-12)15-2-1-14(25-15)10-16-17(23)21-18(26-16)22-3-5-24-6-4-22/h1-2,7-10H,3-6H2/b16-10+. The van der Waals surface area contributed by atoms with E-state index < -0.39 is 0 Å². The largest absolute Gasteiger partial charge is 0.457 e. The molecule has 0 radical (unpaired) electrons. The number of halogens is 2. The van der Waals surface area contributed by atoms with Gasteiger partial charge in [0.05, 0.1) is 18.1 Å². The van der Waals surface area contributed by atoms with Gasteiger partial charge in [-0.25, -0.2) is 0 Å². The van der Waals surface area contributed by atoms with E-state index in [-0.39, 0.29) is 5.91 Å². The first-order valence-electron chi connectivity index (χ1n) is 8.00. The molecule has 2 aliphatic rings. The first-order chi connectivity index (χ1) is 12.6. The number of carbonyl (C=O) groups is 1. The van der Waals surface area contributed by atoms with Crippen LogP contribution in [0.2, 0.25) is 10.0 Å². The molecule has 0 saturated carbocycles. The average molecular weight is 409 g/mol.